The Bertz CT molecular complexity index is 498. The average Bonchev–Trinajstić information content (AvgIpc) is 2.50. The summed E-state index contributed by atoms with van der Waals surface area (Å²) in [7, 11) is 0. The molecule has 0 aromatic carbocycles. The monoisotopic (exact) mass is 376 g/mol. The molecular weight excluding hydrogens is 348 g/mol. The van der Waals surface area contributed by atoms with Crippen LogP contribution in [0.3, 0.4) is 0 Å². The molecule has 0 aromatic heterocycles. The molecule has 0 saturated heterocycles. The molecular formula is C15H28N4O5S. The fourth-order valence-corrected chi connectivity index (χ4v) is 2.11. The minimum atomic E-state index is -1.18. The lowest BCUT2D eigenvalue weighted by Gasteiger charge is -2.24. The number of carbonyl (C=O) groups excluding carboxylic acids is 3. The van der Waals surface area contributed by atoms with Gasteiger partial charge in [0.25, 0.3) is 0 Å². The molecule has 0 aromatic rings. The van der Waals surface area contributed by atoms with Gasteiger partial charge in [0.05, 0.1) is 6.04 Å². The van der Waals surface area contributed by atoms with Gasteiger partial charge < -0.3 is 26.8 Å². The zero-order valence-corrected chi connectivity index (χ0v) is 15.8. The molecule has 144 valence electrons. The van der Waals surface area contributed by atoms with Crippen molar-refractivity contribution in [3.63, 3.8) is 0 Å². The maximum absolute atomic E-state index is 12.3. The number of hydrogen-bond donors (Lipinski definition) is 6. The van der Waals surface area contributed by atoms with Crippen molar-refractivity contribution in [3.05, 3.63) is 0 Å². The number of amides is 3. The predicted octanol–water partition coefficient (Wildman–Crippen LogP) is -1.13. The van der Waals surface area contributed by atoms with E-state index in [1.807, 2.05) is 13.8 Å². The summed E-state index contributed by atoms with van der Waals surface area (Å²) in [5.41, 5.74) is 5.45. The van der Waals surface area contributed by atoms with Crippen molar-refractivity contribution in [2.24, 2.45) is 11.7 Å². The van der Waals surface area contributed by atoms with E-state index in [4.69, 9.17) is 10.8 Å². The van der Waals surface area contributed by atoms with Crippen LogP contribution in [0.1, 0.15) is 34.1 Å². The summed E-state index contributed by atoms with van der Waals surface area (Å²) >= 11 is 4.03. The first-order valence-corrected chi connectivity index (χ1v) is 8.63. The fourth-order valence-electron chi connectivity index (χ4n) is 1.85. The highest BCUT2D eigenvalue weighted by molar-refractivity contribution is 7.80. The molecule has 0 spiro atoms. The van der Waals surface area contributed by atoms with Crippen molar-refractivity contribution in [2.45, 2.75) is 58.3 Å². The zero-order chi connectivity index (χ0) is 19.7. The van der Waals surface area contributed by atoms with E-state index in [2.05, 4.69) is 28.6 Å². The van der Waals surface area contributed by atoms with Gasteiger partial charge >= 0.3 is 5.97 Å². The molecule has 9 nitrogen and oxygen atoms in total. The van der Waals surface area contributed by atoms with Gasteiger partial charge in [-0.15, -0.1) is 0 Å². The summed E-state index contributed by atoms with van der Waals surface area (Å²) in [5, 5.41) is 16.2. The maximum atomic E-state index is 12.3. The molecule has 0 saturated carbocycles. The van der Waals surface area contributed by atoms with Gasteiger partial charge in [-0.3, -0.25) is 19.2 Å². The zero-order valence-electron chi connectivity index (χ0n) is 14.9. The summed E-state index contributed by atoms with van der Waals surface area (Å²) in [5.74, 6) is -2.80. The van der Waals surface area contributed by atoms with Crippen LogP contribution in [-0.2, 0) is 19.2 Å². The molecule has 3 amide bonds. The van der Waals surface area contributed by atoms with Crippen molar-refractivity contribution < 1.29 is 24.3 Å². The molecule has 4 unspecified atom stereocenters. The molecule has 0 radical (unpaired) electrons. The van der Waals surface area contributed by atoms with Crippen LogP contribution in [0.2, 0.25) is 0 Å². The number of carbonyl (C=O) groups is 4. The highest BCUT2D eigenvalue weighted by Crippen LogP contribution is 2.06. The van der Waals surface area contributed by atoms with Crippen molar-refractivity contribution >= 4 is 36.3 Å². The maximum Gasteiger partial charge on any atom is 0.325 e. The summed E-state index contributed by atoms with van der Waals surface area (Å²) in [6.45, 7) is 6.53. The molecule has 25 heavy (non-hydrogen) atoms. The van der Waals surface area contributed by atoms with Crippen LogP contribution in [0.5, 0.6) is 0 Å². The number of aliphatic carboxylic acids is 1. The van der Waals surface area contributed by atoms with E-state index in [9.17, 15) is 19.2 Å². The van der Waals surface area contributed by atoms with Gasteiger partial charge in [0.1, 0.15) is 18.1 Å². The lowest BCUT2D eigenvalue weighted by Crippen LogP contribution is -2.57. The summed E-state index contributed by atoms with van der Waals surface area (Å²) in [4.78, 5) is 47.1. The average molecular weight is 376 g/mol. The van der Waals surface area contributed by atoms with Gasteiger partial charge in [-0.25, -0.2) is 0 Å². The van der Waals surface area contributed by atoms with E-state index in [0.29, 0.717) is 6.42 Å². The second-order valence-electron chi connectivity index (χ2n) is 6.29. The van der Waals surface area contributed by atoms with E-state index in [1.54, 1.807) is 0 Å². The van der Waals surface area contributed by atoms with E-state index in [0.717, 1.165) is 0 Å². The molecule has 0 aliphatic heterocycles. The topological polar surface area (TPSA) is 151 Å². The van der Waals surface area contributed by atoms with Gasteiger partial charge in [0.15, 0.2) is 0 Å². The van der Waals surface area contributed by atoms with Crippen molar-refractivity contribution in [3.8, 4) is 0 Å². The SMILES string of the molecule is CC(C)CC(NC(=O)C(CS)NC(=O)C(C)N)C(=O)NC(C)C(=O)O. The molecule has 6 N–H and O–H groups in total. The van der Waals surface area contributed by atoms with E-state index in [-0.39, 0.29) is 11.7 Å². The number of rotatable bonds is 10. The first-order chi connectivity index (χ1) is 11.5. The summed E-state index contributed by atoms with van der Waals surface area (Å²) in [6, 6.07) is -3.76. The van der Waals surface area contributed by atoms with Gasteiger partial charge in [-0.2, -0.15) is 12.6 Å². The van der Waals surface area contributed by atoms with Crippen molar-refractivity contribution in [1.82, 2.24) is 16.0 Å². The van der Waals surface area contributed by atoms with Crippen LogP contribution in [0, 0.1) is 5.92 Å². The summed E-state index contributed by atoms with van der Waals surface area (Å²) < 4.78 is 0. The number of carboxylic acids is 1. The number of thiol groups is 1. The van der Waals surface area contributed by atoms with Crippen molar-refractivity contribution in [1.29, 1.82) is 0 Å². The Morgan fingerprint density at radius 2 is 1.40 bits per heavy atom. The van der Waals surface area contributed by atoms with Crippen molar-refractivity contribution in [2.75, 3.05) is 5.75 Å². The molecule has 0 heterocycles. The minimum Gasteiger partial charge on any atom is -0.480 e. The highest BCUT2D eigenvalue weighted by Gasteiger charge is 2.28. The van der Waals surface area contributed by atoms with Gasteiger partial charge in [0, 0.05) is 5.75 Å². The van der Waals surface area contributed by atoms with Gasteiger partial charge in [-0.05, 0) is 26.2 Å². The first-order valence-electron chi connectivity index (χ1n) is 7.99. The standard InChI is InChI=1S/C15H28N4O5S/c1-7(2)5-10(13(21)17-9(4)15(23)24)18-14(22)11(6-25)19-12(20)8(3)16/h7-11,25H,5-6,16H2,1-4H3,(H,17,21)(H,18,22)(H,19,20)(H,23,24). The molecule has 4 atom stereocenters. The first kappa shape index (κ1) is 23.2. The number of nitrogens with one attached hydrogen (secondary N) is 3. The van der Waals surface area contributed by atoms with Crippen LogP contribution in [0.25, 0.3) is 0 Å². The molecule has 0 aliphatic rings. The Balaban J connectivity index is 5.04. The third-order valence-corrected chi connectivity index (χ3v) is 3.66. The molecule has 10 heteroatoms. The second kappa shape index (κ2) is 10.9. The molecule has 0 bridgehead atoms. The van der Waals surface area contributed by atoms with Crippen LogP contribution in [-0.4, -0.2) is 58.7 Å². The Morgan fingerprint density at radius 3 is 1.80 bits per heavy atom. The smallest absolute Gasteiger partial charge is 0.325 e. The Hall–Kier alpha value is -1.81. The third-order valence-electron chi connectivity index (χ3n) is 3.30. The van der Waals surface area contributed by atoms with Gasteiger partial charge in [0.2, 0.25) is 17.7 Å². The van der Waals surface area contributed by atoms with Gasteiger partial charge in [-0.1, -0.05) is 13.8 Å². The van der Waals surface area contributed by atoms with E-state index < -0.39 is 47.9 Å². The lowest BCUT2D eigenvalue weighted by molar-refractivity contribution is -0.141. The Kier molecular flexibility index (Phi) is 10.1. The highest BCUT2D eigenvalue weighted by atomic mass is 32.1. The normalized spacial score (nSPS) is 15.6. The van der Waals surface area contributed by atoms with Crippen LogP contribution in [0.4, 0.5) is 0 Å². The predicted molar refractivity (Wildman–Crippen MR) is 96.1 cm³/mol. The third kappa shape index (κ3) is 8.73. The van der Waals surface area contributed by atoms with E-state index in [1.165, 1.54) is 13.8 Å². The largest absolute Gasteiger partial charge is 0.480 e. The Morgan fingerprint density at radius 1 is 0.920 bits per heavy atom. The molecule has 0 fully saturated rings. The number of nitrogens with two attached hydrogens (primary N) is 1. The second-order valence-corrected chi connectivity index (χ2v) is 6.66. The van der Waals surface area contributed by atoms with Crippen LogP contribution >= 0.6 is 12.6 Å². The quantitative estimate of drug-likeness (QED) is 0.266. The minimum absolute atomic E-state index is 0.0197. The molecule has 0 aliphatic carbocycles. The summed E-state index contributed by atoms with van der Waals surface area (Å²) in [6.07, 6.45) is 0.310. The lowest BCUT2D eigenvalue weighted by atomic mass is 10.0. The van der Waals surface area contributed by atoms with E-state index >= 15 is 0 Å². The number of carboxylic acid groups (broad SMARTS) is 1. The fraction of sp³-hybridized carbons (Fsp3) is 0.733. The van der Waals surface area contributed by atoms with Crippen LogP contribution in [0.15, 0.2) is 0 Å². The Labute approximate surface area is 152 Å². The molecule has 0 rings (SSSR count). The van der Waals surface area contributed by atoms with Crippen LogP contribution < -0.4 is 21.7 Å². The number of hydrogen-bond acceptors (Lipinski definition) is 6.